The summed E-state index contributed by atoms with van der Waals surface area (Å²) in [6.45, 7) is 4.17. The molecule has 0 amide bonds. The molecule has 0 fully saturated rings. The first-order valence-corrected chi connectivity index (χ1v) is 7.73. The Kier molecular flexibility index (Phi) is 4.10. The summed E-state index contributed by atoms with van der Waals surface area (Å²) in [5.74, 6) is 0. The zero-order chi connectivity index (χ0) is 14.8. The fourth-order valence-corrected chi connectivity index (χ4v) is 2.72. The third-order valence-electron chi connectivity index (χ3n) is 2.87. The standard InChI is InChI=1S/C13H17N3O3S/c1-3-16-8-13(14-9-16)20(18,19)15-12-6-4-5-11(7-12)10(2)17/h4-10,15,17H,3H2,1-2H3. The summed E-state index contributed by atoms with van der Waals surface area (Å²) in [6.07, 6.45) is 2.29. The van der Waals surface area contributed by atoms with E-state index in [0.717, 1.165) is 0 Å². The first-order chi connectivity index (χ1) is 9.42. The van der Waals surface area contributed by atoms with Crippen LogP contribution in [0, 0.1) is 0 Å². The van der Waals surface area contributed by atoms with Gasteiger partial charge in [0.15, 0.2) is 5.03 Å². The monoisotopic (exact) mass is 295 g/mol. The molecule has 108 valence electrons. The van der Waals surface area contributed by atoms with E-state index >= 15 is 0 Å². The highest BCUT2D eigenvalue weighted by molar-refractivity contribution is 7.92. The van der Waals surface area contributed by atoms with Gasteiger partial charge in [-0.05, 0) is 31.5 Å². The van der Waals surface area contributed by atoms with Crippen molar-refractivity contribution >= 4 is 15.7 Å². The highest BCUT2D eigenvalue weighted by Gasteiger charge is 2.17. The summed E-state index contributed by atoms with van der Waals surface area (Å²) in [5, 5.41) is 9.48. The van der Waals surface area contributed by atoms with Gasteiger partial charge in [0.2, 0.25) is 0 Å². The molecular formula is C13H17N3O3S. The molecule has 0 saturated carbocycles. The zero-order valence-corrected chi connectivity index (χ0v) is 12.1. The second kappa shape index (κ2) is 5.64. The minimum Gasteiger partial charge on any atom is -0.389 e. The van der Waals surface area contributed by atoms with E-state index < -0.39 is 16.1 Å². The molecule has 0 spiro atoms. The van der Waals surface area contributed by atoms with Gasteiger partial charge in [0, 0.05) is 18.4 Å². The van der Waals surface area contributed by atoms with Gasteiger partial charge in [0.1, 0.15) is 0 Å². The summed E-state index contributed by atoms with van der Waals surface area (Å²) < 4.78 is 28.5. The van der Waals surface area contributed by atoms with Crippen LogP contribution in [0.4, 0.5) is 5.69 Å². The third kappa shape index (κ3) is 3.17. The van der Waals surface area contributed by atoms with E-state index in [-0.39, 0.29) is 5.03 Å². The van der Waals surface area contributed by atoms with E-state index in [9.17, 15) is 13.5 Å². The van der Waals surface area contributed by atoms with E-state index in [2.05, 4.69) is 9.71 Å². The van der Waals surface area contributed by atoms with Crippen molar-refractivity contribution < 1.29 is 13.5 Å². The number of benzene rings is 1. The molecular weight excluding hydrogens is 278 g/mol. The van der Waals surface area contributed by atoms with Crippen molar-refractivity contribution in [2.75, 3.05) is 4.72 Å². The van der Waals surface area contributed by atoms with Gasteiger partial charge in [0.25, 0.3) is 10.0 Å². The van der Waals surface area contributed by atoms with Gasteiger partial charge < -0.3 is 9.67 Å². The van der Waals surface area contributed by atoms with Crippen molar-refractivity contribution in [3.63, 3.8) is 0 Å². The normalized spacial score (nSPS) is 13.2. The molecule has 7 heteroatoms. The molecule has 2 aromatic rings. The molecule has 0 bridgehead atoms. The van der Waals surface area contributed by atoms with Crippen LogP contribution in [0.25, 0.3) is 0 Å². The minimum absolute atomic E-state index is 0.0261. The number of hydrogen-bond acceptors (Lipinski definition) is 4. The number of aliphatic hydroxyl groups is 1. The lowest BCUT2D eigenvalue weighted by Crippen LogP contribution is -2.13. The lowest BCUT2D eigenvalue weighted by Gasteiger charge is -2.09. The molecule has 20 heavy (non-hydrogen) atoms. The van der Waals surface area contributed by atoms with E-state index in [4.69, 9.17) is 0 Å². The van der Waals surface area contributed by atoms with Crippen molar-refractivity contribution in [2.24, 2.45) is 0 Å². The van der Waals surface area contributed by atoms with Crippen LogP contribution in [0.5, 0.6) is 0 Å². The van der Waals surface area contributed by atoms with Gasteiger partial charge >= 0.3 is 0 Å². The lowest BCUT2D eigenvalue weighted by molar-refractivity contribution is 0.199. The summed E-state index contributed by atoms with van der Waals surface area (Å²) in [7, 11) is -3.71. The molecule has 2 rings (SSSR count). The highest BCUT2D eigenvalue weighted by atomic mass is 32.2. The fourth-order valence-electron chi connectivity index (χ4n) is 1.72. The number of rotatable bonds is 5. The molecule has 1 aromatic carbocycles. The topological polar surface area (TPSA) is 84.2 Å². The van der Waals surface area contributed by atoms with Crippen LogP contribution in [0.15, 0.2) is 41.8 Å². The zero-order valence-electron chi connectivity index (χ0n) is 11.3. The Hall–Kier alpha value is -1.86. The lowest BCUT2D eigenvalue weighted by atomic mass is 10.1. The summed E-state index contributed by atoms with van der Waals surface area (Å²) >= 11 is 0. The van der Waals surface area contributed by atoms with Crippen LogP contribution in [0.3, 0.4) is 0 Å². The largest absolute Gasteiger partial charge is 0.389 e. The number of hydrogen-bond donors (Lipinski definition) is 2. The van der Waals surface area contributed by atoms with Crippen molar-refractivity contribution in [3.05, 3.63) is 42.4 Å². The van der Waals surface area contributed by atoms with Crippen LogP contribution in [0.2, 0.25) is 0 Å². The van der Waals surface area contributed by atoms with Gasteiger partial charge in [-0.3, -0.25) is 4.72 Å². The molecule has 1 heterocycles. The highest BCUT2D eigenvalue weighted by Crippen LogP contribution is 2.19. The molecule has 0 saturated heterocycles. The van der Waals surface area contributed by atoms with Crippen LogP contribution in [0.1, 0.15) is 25.5 Å². The molecule has 2 N–H and O–H groups in total. The maximum absolute atomic E-state index is 12.2. The Morgan fingerprint density at radius 1 is 1.45 bits per heavy atom. The second-order valence-corrected chi connectivity index (χ2v) is 6.08. The van der Waals surface area contributed by atoms with Crippen LogP contribution < -0.4 is 4.72 Å². The second-order valence-electron chi connectivity index (χ2n) is 4.45. The minimum atomic E-state index is -3.71. The quantitative estimate of drug-likeness (QED) is 0.880. The molecule has 6 nitrogen and oxygen atoms in total. The van der Waals surface area contributed by atoms with Crippen molar-refractivity contribution in [3.8, 4) is 0 Å². The average molecular weight is 295 g/mol. The molecule has 0 aliphatic rings. The van der Waals surface area contributed by atoms with Crippen molar-refractivity contribution in [1.82, 2.24) is 9.55 Å². The summed E-state index contributed by atoms with van der Waals surface area (Å²) in [4.78, 5) is 3.88. The van der Waals surface area contributed by atoms with E-state index in [0.29, 0.717) is 17.8 Å². The number of nitrogens with zero attached hydrogens (tertiary/aromatic N) is 2. The van der Waals surface area contributed by atoms with Gasteiger partial charge in [-0.1, -0.05) is 12.1 Å². The predicted octanol–water partition coefficient (Wildman–Crippen LogP) is 1.76. The Labute approximate surface area is 118 Å². The van der Waals surface area contributed by atoms with Crippen LogP contribution in [-0.4, -0.2) is 23.1 Å². The first-order valence-electron chi connectivity index (χ1n) is 6.25. The Morgan fingerprint density at radius 2 is 2.20 bits per heavy atom. The number of aromatic nitrogens is 2. The fraction of sp³-hybridized carbons (Fsp3) is 0.308. The van der Waals surface area contributed by atoms with Crippen molar-refractivity contribution in [1.29, 1.82) is 0 Å². The van der Waals surface area contributed by atoms with Crippen LogP contribution in [-0.2, 0) is 16.6 Å². The van der Waals surface area contributed by atoms with Crippen LogP contribution >= 0.6 is 0 Å². The van der Waals surface area contributed by atoms with Gasteiger partial charge in [-0.15, -0.1) is 0 Å². The van der Waals surface area contributed by atoms with E-state index in [1.165, 1.54) is 12.5 Å². The Morgan fingerprint density at radius 3 is 2.80 bits per heavy atom. The molecule has 1 atom stereocenters. The first kappa shape index (κ1) is 14.5. The van der Waals surface area contributed by atoms with E-state index in [1.807, 2.05) is 6.92 Å². The molecule has 1 unspecified atom stereocenters. The van der Waals surface area contributed by atoms with E-state index in [1.54, 1.807) is 35.8 Å². The summed E-state index contributed by atoms with van der Waals surface area (Å²) in [6, 6.07) is 6.64. The maximum atomic E-state index is 12.2. The third-order valence-corrected chi connectivity index (χ3v) is 4.14. The number of nitrogens with one attached hydrogen (secondary N) is 1. The number of aryl methyl sites for hydroxylation is 1. The number of sulfonamides is 1. The molecule has 0 aliphatic carbocycles. The Bertz CT molecular complexity index is 692. The molecule has 0 aliphatic heterocycles. The average Bonchev–Trinajstić information content (AvgIpc) is 2.88. The Balaban J connectivity index is 2.26. The maximum Gasteiger partial charge on any atom is 0.280 e. The molecule has 0 radical (unpaired) electrons. The van der Waals surface area contributed by atoms with Gasteiger partial charge in [-0.2, -0.15) is 8.42 Å². The van der Waals surface area contributed by atoms with Crippen molar-refractivity contribution in [2.45, 2.75) is 31.5 Å². The SMILES string of the molecule is CCn1cnc(S(=O)(=O)Nc2cccc(C(C)O)c2)c1. The number of imidazole rings is 1. The smallest absolute Gasteiger partial charge is 0.280 e. The number of aliphatic hydroxyl groups excluding tert-OH is 1. The van der Waals surface area contributed by atoms with Gasteiger partial charge in [0.05, 0.1) is 12.4 Å². The predicted molar refractivity (Wildman–Crippen MR) is 75.8 cm³/mol. The summed E-state index contributed by atoms with van der Waals surface area (Å²) in [5.41, 5.74) is 1.04. The van der Waals surface area contributed by atoms with Gasteiger partial charge in [-0.25, -0.2) is 4.98 Å². The molecule has 1 aromatic heterocycles. The number of anilines is 1.